The summed E-state index contributed by atoms with van der Waals surface area (Å²) >= 11 is 5.66. The van der Waals surface area contributed by atoms with Crippen molar-refractivity contribution in [2.24, 2.45) is 0 Å². The van der Waals surface area contributed by atoms with Crippen LogP contribution < -0.4 is 10.6 Å². The highest BCUT2D eigenvalue weighted by Gasteiger charge is 2.15. The third kappa shape index (κ3) is 4.15. The van der Waals surface area contributed by atoms with E-state index in [1.807, 2.05) is 0 Å². The Balaban J connectivity index is 2.74. The van der Waals surface area contributed by atoms with Gasteiger partial charge in [0, 0.05) is 17.6 Å². The number of amides is 1. The number of hydrogen-bond acceptors (Lipinski definition) is 4. The fourth-order valence-electron chi connectivity index (χ4n) is 1.24. The highest BCUT2D eigenvalue weighted by Crippen LogP contribution is 2.27. The molecule has 0 aromatic heterocycles. The zero-order valence-electron chi connectivity index (χ0n) is 9.48. The number of hydrogen-bond donors (Lipinski definition) is 2. The van der Waals surface area contributed by atoms with Crippen molar-refractivity contribution in [1.29, 1.82) is 0 Å². The van der Waals surface area contributed by atoms with Gasteiger partial charge in [0.15, 0.2) is 0 Å². The second-order valence-electron chi connectivity index (χ2n) is 3.39. The lowest BCUT2D eigenvalue weighted by molar-refractivity contribution is -0.383. The summed E-state index contributed by atoms with van der Waals surface area (Å²) in [6, 6.07) is 4.06. The number of nitrogens with zero attached hydrogens (tertiary/aromatic N) is 1. The Morgan fingerprint density at radius 2 is 2.28 bits per heavy atom. The van der Waals surface area contributed by atoms with E-state index in [-0.39, 0.29) is 28.8 Å². The van der Waals surface area contributed by atoms with Gasteiger partial charge in [-0.15, -0.1) is 6.58 Å². The summed E-state index contributed by atoms with van der Waals surface area (Å²) < 4.78 is 0. The Kier molecular flexibility index (Phi) is 5.29. The number of nitrogens with one attached hydrogen (secondary N) is 2. The molecule has 0 aliphatic heterocycles. The summed E-state index contributed by atoms with van der Waals surface area (Å²) in [5, 5.41) is 16.3. The summed E-state index contributed by atoms with van der Waals surface area (Å²) in [6.07, 6.45) is 1.61. The van der Waals surface area contributed by atoms with Crippen LogP contribution in [-0.4, -0.2) is 23.9 Å². The van der Waals surface area contributed by atoms with Crippen LogP contribution in [0.15, 0.2) is 30.9 Å². The maximum atomic E-state index is 11.5. The Hall–Kier alpha value is -1.92. The van der Waals surface area contributed by atoms with E-state index in [0.717, 1.165) is 0 Å². The third-order valence-corrected chi connectivity index (χ3v) is 2.24. The fourth-order valence-corrected chi connectivity index (χ4v) is 1.41. The average Bonchev–Trinajstić information content (AvgIpc) is 2.31. The first-order valence-electron chi connectivity index (χ1n) is 5.10. The molecule has 7 heteroatoms. The molecule has 1 rings (SSSR count). The van der Waals surface area contributed by atoms with E-state index in [1.54, 1.807) is 6.08 Å². The van der Waals surface area contributed by atoms with E-state index in [1.165, 1.54) is 18.2 Å². The van der Waals surface area contributed by atoms with Gasteiger partial charge in [0.1, 0.15) is 5.69 Å². The van der Waals surface area contributed by atoms with Crippen LogP contribution >= 0.6 is 11.6 Å². The quantitative estimate of drug-likeness (QED) is 0.358. The van der Waals surface area contributed by atoms with Gasteiger partial charge < -0.3 is 10.6 Å². The second-order valence-corrected chi connectivity index (χ2v) is 3.82. The first-order valence-corrected chi connectivity index (χ1v) is 5.48. The normalized spacial score (nSPS) is 9.83. The van der Waals surface area contributed by atoms with Crippen LogP contribution in [0.1, 0.15) is 0 Å². The van der Waals surface area contributed by atoms with Crippen molar-refractivity contribution < 1.29 is 9.72 Å². The van der Waals surface area contributed by atoms with Gasteiger partial charge >= 0.3 is 0 Å². The van der Waals surface area contributed by atoms with Crippen molar-refractivity contribution in [3.63, 3.8) is 0 Å². The molecule has 1 amide bonds. The topological polar surface area (TPSA) is 84.3 Å². The van der Waals surface area contributed by atoms with Gasteiger partial charge in [-0.2, -0.15) is 0 Å². The van der Waals surface area contributed by atoms with Crippen molar-refractivity contribution in [2.75, 3.05) is 18.4 Å². The molecular weight excluding hydrogens is 258 g/mol. The molecule has 0 aliphatic carbocycles. The van der Waals surface area contributed by atoms with E-state index in [2.05, 4.69) is 17.2 Å². The molecule has 0 atom stereocenters. The minimum Gasteiger partial charge on any atom is -0.319 e. The average molecular weight is 270 g/mol. The maximum absolute atomic E-state index is 11.5. The molecule has 0 aliphatic rings. The van der Waals surface area contributed by atoms with E-state index >= 15 is 0 Å². The zero-order valence-corrected chi connectivity index (χ0v) is 10.2. The lowest BCUT2D eigenvalue weighted by atomic mass is 10.2. The zero-order chi connectivity index (χ0) is 13.5. The molecule has 0 saturated heterocycles. The number of halogens is 1. The van der Waals surface area contributed by atoms with Crippen LogP contribution in [0.25, 0.3) is 0 Å². The van der Waals surface area contributed by atoms with E-state index in [0.29, 0.717) is 6.54 Å². The summed E-state index contributed by atoms with van der Waals surface area (Å²) in [6.45, 7) is 4.02. The Morgan fingerprint density at radius 3 is 2.89 bits per heavy atom. The predicted octanol–water partition coefficient (Wildman–Crippen LogP) is 1.96. The molecule has 0 spiro atoms. The van der Waals surface area contributed by atoms with Crippen molar-refractivity contribution in [3.05, 3.63) is 46.0 Å². The SMILES string of the molecule is C=CCNCC(=O)Nc1ccc(Cl)cc1[N+](=O)[O-]. The molecule has 2 N–H and O–H groups in total. The molecule has 96 valence electrons. The number of benzene rings is 1. The van der Waals surface area contributed by atoms with Crippen LogP contribution in [0.4, 0.5) is 11.4 Å². The largest absolute Gasteiger partial charge is 0.319 e. The molecule has 1 aromatic rings. The van der Waals surface area contributed by atoms with Gasteiger partial charge in [-0.25, -0.2) is 0 Å². The molecule has 0 saturated carbocycles. The van der Waals surface area contributed by atoms with Gasteiger partial charge in [0.2, 0.25) is 5.91 Å². The Morgan fingerprint density at radius 1 is 1.56 bits per heavy atom. The highest BCUT2D eigenvalue weighted by molar-refractivity contribution is 6.31. The van der Waals surface area contributed by atoms with Gasteiger partial charge in [-0.1, -0.05) is 17.7 Å². The molecule has 0 heterocycles. The first-order chi connectivity index (χ1) is 8.54. The maximum Gasteiger partial charge on any atom is 0.294 e. The summed E-state index contributed by atoms with van der Waals surface area (Å²) in [5.74, 6) is -0.373. The van der Waals surface area contributed by atoms with Gasteiger partial charge in [-0.05, 0) is 12.1 Å². The number of carbonyl (C=O) groups is 1. The minimum absolute atomic E-state index is 0.0474. The van der Waals surface area contributed by atoms with E-state index in [9.17, 15) is 14.9 Å². The molecular formula is C11H12ClN3O3. The van der Waals surface area contributed by atoms with Crippen molar-refractivity contribution >= 4 is 28.9 Å². The molecule has 18 heavy (non-hydrogen) atoms. The molecule has 0 fully saturated rings. The summed E-state index contributed by atoms with van der Waals surface area (Å²) in [4.78, 5) is 21.7. The summed E-state index contributed by atoms with van der Waals surface area (Å²) in [5.41, 5.74) is -0.116. The monoisotopic (exact) mass is 269 g/mol. The van der Waals surface area contributed by atoms with Crippen LogP contribution in [0.5, 0.6) is 0 Å². The fraction of sp³-hybridized carbons (Fsp3) is 0.182. The first kappa shape index (κ1) is 14.1. The van der Waals surface area contributed by atoms with Gasteiger partial charge in [0.25, 0.3) is 5.69 Å². The van der Waals surface area contributed by atoms with E-state index < -0.39 is 4.92 Å². The van der Waals surface area contributed by atoms with Crippen LogP contribution in [-0.2, 0) is 4.79 Å². The van der Waals surface area contributed by atoms with Crippen LogP contribution in [0.2, 0.25) is 5.02 Å². The molecule has 0 radical (unpaired) electrons. The van der Waals surface area contributed by atoms with Crippen molar-refractivity contribution in [3.8, 4) is 0 Å². The smallest absolute Gasteiger partial charge is 0.294 e. The highest BCUT2D eigenvalue weighted by atomic mass is 35.5. The third-order valence-electron chi connectivity index (χ3n) is 2.00. The number of nitro benzene ring substituents is 1. The second kappa shape index (κ2) is 6.73. The van der Waals surface area contributed by atoms with Crippen LogP contribution in [0.3, 0.4) is 0 Å². The van der Waals surface area contributed by atoms with Gasteiger partial charge in [-0.3, -0.25) is 14.9 Å². The molecule has 1 aromatic carbocycles. The Bertz CT molecular complexity index is 477. The number of nitro groups is 1. The van der Waals surface area contributed by atoms with Gasteiger partial charge in [0.05, 0.1) is 11.5 Å². The number of rotatable bonds is 6. The van der Waals surface area contributed by atoms with Crippen LogP contribution in [0, 0.1) is 10.1 Å². The predicted molar refractivity (Wildman–Crippen MR) is 69.8 cm³/mol. The molecule has 0 bridgehead atoms. The standard InChI is InChI=1S/C11H12ClN3O3/c1-2-5-13-7-11(16)14-9-4-3-8(12)6-10(9)15(17)18/h2-4,6,13H,1,5,7H2,(H,14,16). The summed E-state index contributed by atoms with van der Waals surface area (Å²) in [7, 11) is 0. The Labute approximate surface area is 109 Å². The van der Waals surface area contributed by atoms with E-state index in [4.69, 9.17) is 11.6 Å². The molecule has 6 nitrogen and oxygen atoms in total. The molecule has 0 unspecified atom stereocenters. The van der Waals surface area contributed by atoms with Crippen molar-refractivity contribution in [2.45, 2.75) is 0 Å². The number of anilines is 1. The number of carbonyl (C=O) groups excluding carboxylic acids is 1. The van der Waals surface area contributed by atoms with Crippen molar-refractivity contribution in [1.82, 2.24) is 5.32 Å². The lowest BCUT2D eigenvalue weighted by Gasteiger charge is -2.06. The minimum atomic E-state index is -0.599. The lowest BCUT2D eigenvalue weighted by Crippen LogP contribution is -2.28.